The van der Waals surface area contributed by atoms with Crippen molar-refractivity contribution in [3.8, 4) is 12.1 Å². The lowest BCUT2D eigenvalue weighted by Gasteiger charge is -2.21. The van der Waals surface area contributed by atoms with E-state index in [2.05, 4.69) is 41.8 Å². The van der Waals surface area contributed by atoms with Gasteiger partial charge in [0.1, 0.15) is 27.6 Å². The molecule has 0 unspecified atom stereocenters. The van der Waals surface area contributed by atoms with Crippen molar-refractivity contribution < 1.29 is 9.90 Å². The molecule has 0 spiro atoms. The van der Waals surface area contributed by atoms with E-state index in [0.717, 1.165) is 11.3 Å². The van der Waals surface area contributed by atoms with Crippen LogP contribution in [-0.2, 0) is 11.3 Å². The van der Waals surface area contributed by atoms with E-state index in [1.54, 1.807) is 13.0 Å². The zero-order valence-electron chi connectivity index (χ0n) is 18.2. The Bertz CT molecular complexity index is 1270. The topological polar surface area (TPSA) is 169 Å². The van der Waals surface area contributed by atoms with Crippen LogP contribution in [0.15, 0.2) is 15.5 Å². The second-order valence-electron chi connectivity index (χ2n) is 7.00. The highest BCUT2D eigenvalue weighted by atomic mass is 79.9. The number of aliphatic hydroxyl groups is 1. The molecule has 0 aromatic carbocycles. The summed E-state index contributed by atoms with van der Waals surface area (Å²) in [5, 5.41) is 36.0. The maximum absolute atomic E-state index is 12.8. The molecule has 0 aliphatic carbocycles. The number of nitrogens with zero attached hydrogens (tertiary/aromatic N) is 5. The Morgan fingerprint density at radius 3 is 2.73 bits per heavy atom. The van der Waals surface area contributed by atoms with Gasteiger partial charge >= 0.3 is 0 Å². The lowest BCUT2D eigenvalue weighted by Crippen LogP contribution is -2.34. The summed E-state index contributed by atoms with van der Waals surface area (Å²) in [5.41, 5.74) is -0.634. The third-order valence-corrected chi connectivity index (χ3v) is 6.22. The first-order valence-corrected chi connectivity index (χ1v) is 11.5. The second kappa shape index (κ2) is 12.1. The number of anilines is 2. The van der Waals surface area contributed by atoms with Crippen molar-refractivity contribution in [2.75, 3.05) is 23.8 Å². The van der Waals surface area contributed by atoms with Gasteiger partial charge in [0.05, 0.1) is 23.2 Å². The summed E-state index contributed by atoms with van der Waals surface area (Å²) in [6, 6.07) is 3.37. The van der Waals surface area contributed by atoms with E-state index >= 15 is 0 Å². The van der Waals surface area contributed by atoms with Crippen molar-refractivity contribution in [3.05, 3.63) is 30.2 Å². The van der Waals surface area contributed by atoms with E-state index in [0.29, 0.717) is 10.3 Å². The van der Waals surface area contributed by atoms with Crippen LogP contribution in [0.5, 0.6) is 0 Å². The molecule has 4 N–H and O–H groups in total. The molecule has 174 valence electrons. The summed E-state index contributed by atoms with van der Waals surface area (Å²) in [4.78, 5) is 33.5. The fourth-order valence-electron chi connectivity index (χ4n) is 2.66. The highest BCUT2D eigenvalue weighted by Crippen LogP contribution is 2.22. The largest absolute Gasteiger partial charge is 0.394 e. The molecule has 0 bridgehead atoms. The molecule has 0 aliphatic rings. The number of rotatable bonds is 9. The summed E-state index contributed by atoms with van der Waals surface area (Å²) >= 11 is 4.34. The first-order chi connectivity index (χ1) is 15.8. The van der Waals surface area contributed by atoms with Crippen LogP contribution in [-0.4, -0.2) is 44.7 Å². The Hall–Kier alpha value is -3.26. The third-order valence-electron chi connectivity index (χ3n) is 4.50. The molecule has 0 saturated heterocycles. The van der Waals surface area contributed by atoms with Crippen LogP contribution in [0.2, 0.25) is 0 Å². The van der Waals surface area contributed by atoms with Crippen LogP contribution >= 0.6 is 27.3 Å². The average Bonchev–Trinajstić information content (AvgIpc) is 3.11. The number of halogens is 1. The number of hydrogen-bond acceptors (Lipinski definition) is 10. The van der Waals surface area contributed by atoms with E-state index in [1.807, 2.05) is 19.9 Å². The Labute approximate surface area is 202 Å². The summed E-state index contributed by atoms with van der Waals surface area (Å²) < 4.78 is 2.35. The summed E-state index contributed by atoms with van der Waals surface area (Å²) in [6.45, 7) is 5.58. The van der Waals surface area contributed by atoms with E-state index in [-0.39, 0.29) is 57.9 Å². The zero-order valence-corrected chi connectivity index (χ0v) is 20.6. The van der Waals surface area contributed by atoms with Gasteiger partial charge in [-0.15, -0.1) is 11.3 Å². The van der Waals surface area contributed by atoms with Crippen LogP contribution in [0.1, 0.15) is 20.8 Å². The molecule has 1 atom stereocenters. The van der Waals surface area contributed by atoms with Gasteiger partial charge in [-0.3, -0.25) is 14.2 Å². The first kappa shape index (κ1) is 26.0. The summed E-state index contributed by atoms with van der Waals surface area (Å²) in [7, 11) is 0. The van der Waals surface area contributed by atoms with Crippen molar-refractivity contribution >= 4 is 56.7 Å². The predicted molar refractivity (Wildman–Crippen MR) is 128 cm³/mol. The van der Waals surface area contributed by atoms with E-state index in [4.69, 9.17) is 5.26 Å². The number of carbonyl (C=O) groups is 1. The maximum Gasteiger partial charge on any atom is 0.270 e. The zero-order chi connectivity index (χ0) is 24.5. The quantitative estimate of drug-likeness (QED) is 0.325. The maximum atomic E-state index is 12.8. The Morgan fingerprint density at radius 2 is 2.15 bits per heavy atom. The molecular formula is C20H23BrN8O3S. The van der Waals surface area contributed by atoms with E-state index < -0.39 is 5.91 Å². The average molecular weight is 535 g/mol. The fraction of sp³-hybridized carbons (Fsp3) is 0.400. The molecule has 1 amide bonds. The highest BCUT2D eigenvalue weighted by molar-refractivity contribution is 9.10. The minimum absolute atomic E-state index is 0.0722. The fourth-order valence-corrected chi connectivity index (χ4v) is 4.05. The van der Waals surface area contributed by atoms with Crippen LogP contribution in [0.3, 0.4) is 0 Å². The number of thiazole rings is 1. The molecule has 2 aromatic rings. The molecule has 0 aliphatic heterocycles. The minimum Gasteiger partial charge on any atom is -0.394 e. The molecule has 0 radical (unpaired) electrons. The monoisotopic (exact) mass is 534 g/mol. The molecular weight excluding hydrogens is 512 g/mol. The molecule has 11 nitrogen and oxygen atoms in total. The van der Waals surface area contributed by atoms with Gasteiger partial charge in [-0.05, 0) is 28.8 Å². The molecule has 33 heavy (non-hydrogen) atoms. The van der Waals surface area contributed by atoms with Gasteiger partial charge in [-0.25, -0.2) is 4.98 Å². The van der Waals surface area contributed by atoms with Crippen molar-refractivity contribution in [2.45, 2.75) is 33.4 Å². The summed E-state index contributed by atoms with van der Waals surface area (Å²) in [5.74, 6) is 0.112. The number of aliphatic hydroxyl groups excluding tert-OH is 1. The van der Waals surface area contributed by atoms with Crippen molar-refractivity contribution in [1.29, 1.82) is 10.5 Å². The van der Waals surface area contributed by atoms with Crippen molar-refractivity contribution in [1.82, 2.24) is 19.9 Å². The SMILES string of the molecule is CCn1c(=C(C#N)C(=O)NCC#N)sc(=CNc2ncc(Br)c(N[C@@H](CO)C(C)C)n2)c1=O. The standard InChI is InChI=1S/C20H23BrN8O3S/c1-4-29-18(32)15(33-19(29)12(7-23)17(31)24-6-5-22)9-26-20-25-8-13(21)16(28-20)27-14(10-30)11(2)3/h8-9,11,14,30H,4,6,10H2,1-3H3,(H,24,31)(H2,25,26,27,28)/t14-/m0/s1. The summed E-state index contributed by atoms with van der Waals surface area (Å²) in [6.07, 6.45) is 2.94. The van der Waals surface area contributed by atoms with Crippen LogP contribution in [0.25, 0.3) is 11.8 Å². The Morgan fingerprint density at radius 1 is 1.42 bits per heavy atom. The van der Waals surface area contributed by atoms with Crippen LogP contribution in [0, 0.1) is 28.6 Å². The first-order valence-electron chi connectivity index (χ1n) is 9.93. The lowest BCUT2D eigenvalue weighted by molar-refractivity contribution is -0.115. The van der Waals surface area contributed by atoms with E-state index in [1.165, 1.54) is 17.0 Å². The van der Waals surface area contributed by atoms with Gasteiger partial charge in [-0.2, -0.15) is 15.5 Å². The Kier molecular flexibility index (Phi) is 9.54. The molecule has 2 aromatic heterocycles. The van der Waals surface area contributed by atoms with Gasteiger partial charge in [0.15, 0.2) is 5.57 Å². The lowest BCUT2D eigenvalue weighted by atomic mass is 10.1. The number of carbonyl (C=O) groups excluding carboxylic acids is 1. The van der Waals surface area contributed by atoms with Crippen LogP contribution in [0.4, 0.5) is 11.8 Å². The van der Waals surface area contributed by atoms with Gasteiger partial charge in [-0.1, -0.05) is 13.8 Å². The van der Waals surface area contributed by atoms with Gasteiger partial charge in [0.25, 0.3) is 11.5 Å². The number of nitriles is 2. The second-order valence-corrected chi connectivity index (χ2v) is 8.89. The Balaban J connectivity index is 2.46. The van der Waals surface area contributed by atoms with Gasteiger partial charge in [0, 0.05) is 18.9 Å². The molecule has 13 heteroatoms. The normalized spacial score (nSPS) is 13.2. The van der Waals surface area contributed by atoms with Gasteiger partial charge < -0.3 is 21.1 Å². The third kappa shape index (κ3) is 6.38. The van der Waals surface area contributed by atoms with E-state index in [9.17, 15) is 20.0 Å². The van der Waals surface area contributed by atoms with Crippen molar-refractivity contribution in [3.63, 3.8) is 0 Å². The molecule has 0 fully saturated rings. The number of hydrogen-bond donors (Lipinski definition) is 4. The molecule has 2 rings (SSSR count). The van der Waals surface area contributed by atoms with Crippen molar-refractivity contribution in [2.24, 2.45) is 5.92 Å². The molecule has 0 saturated carbocycles. The number of aromatic nitrogens is 3. The van der Waals surface area contributed by atoms with Gasteiger partial charge in [0.2, 0.25) is 5.95 Å². The minimum atomic E-state index is -0.724. The van der Waals surface area contributed by atoms with Crippen LogP contribution < -0.4 is 30.7 Å². The number of amides is 1. The highest BCUT2D eigenvalue weighted by Gasteiger charge is 2.16. The predicted octanol–water partition coefficient (Wildman–Crippen LogP) is 0.0752. The smallest absolute Gasteiger partial charge is 0.270 e. The number of nitrogens with one attached hydrogen (secondary N) is 3. The molecule has 2 heterocycles.